The van der Waals surface area contributed by atoms with Crippen LogP contribution in [0.4, 0.5) is 17.2 Å². The summed E-state index contributed by atoms with van der Waals surface area (Å²) in [4.78, 5) is -0.0187. The monoisotopic (exact) mass is 484 g/mol. The minimum Gasteiger partial charge on any atom is -0.497 e. The zero-order valence-corrected chi connectivity index (χ0v) is 19.9. The number of hydrogen-bond donors (Lipinski definition) is 3. The van der Waals surface area contributed by atoms with Gasteiger partial charge in [-0.3, -0.25) is 0 Å². The fourth-order valence-corrected chi connectivity index (χ4v) is 5.36. The molecule has 1 saturated carbocycles. The molecule has 10 nitrogen and oxygen atoms in total. The fourth-order valence-electron chi connectivity index (χ4n) is 3.94. The van der Waals surface area contributed by atoms with Crippen molar-refractivity contribution < 1.29 is 18.3 Å². The molecule has 4 N–H and O–H groups in total. The second kappa shape index (κ2) is 9.92. The highest BCUT2D eigenvalue weighted by molar-refractivity contribution is 7.89. The number of hydrogen-bond acceptors (Lipinski definition) is 8. The smallest absolute Gasteiger partial charge is 0.243 e. The Morgan fingerprint density at radius 2 is 1.82 bits per heavy atom. The summed E-state index contributed by atoms with van der Waals surface area (Å²) in [6.07, 6.45) is 1.89. The predicted molar refractivity (Wildman–Crippen MR) is 128 cm³/mol. The number of azo groups is 1. The van der Waals surface area contributed by atoms with E-state index < -0.39 is 10.0 Å². The molecule has 0 amide bonds. The molecular weight excluding hydrogens is 456 g/mol. The number of nitrogens with zero attached hydrogens (tertiary/aromatic N) is 4. The number of nitrogens with two attached hydrogens (primary N) is 1. The van der Waals surface area contributed by atoms with Gasteiger partial charge in [-0.25, -0.2) is 17.8 Å². The summed E-state index contributed by atoms with van der Waals surface area (Å²) in [5.74, 6) is 0.733. The van der Waals surface area contributed by atoms with Crippen molar-refractivity contribution in [3.63, 3.8) is 0 Å². The Balaban J connectivity index is 1.67. The van der Waals surface area contributed by atoms with Gasteiger partial charge in [0.15, 0.2) is 11.5 Å². The van der Waals surface area contributed by atoms with E-state index in [0.29, 0.717) is 48.6 Å². The van der Waals surface area contributed by atoms with Crippen LogP contribution in [0, 0.1) is 6.92 Å². The number of ether oxygens (including phenoxy) is 1. The first-order valence-electron chi connectivity index (χ1n) is 11.0. The fraction of sp³-hybridized carbons (Fsp3) is 0.348. The largest absolute Gasteiger partial charge is 0.497 e. The molecule has 0 bridgehead atoms. The van der Waals surface area contributed by atoms with Crippen LogP contribution < -0.4 is 15.2 Å². The number of aliphatic hydroxyl groups is 1. The summed E-state index contributed by atoms with van der Waals surface area (Å²) in [5, 5.41) is 22.7. The van der Waals surface area contributed by atoms with Crippen LogP contribution in [0.15, 0.2) is 63.7 Å². The summed E-state index contributed by atoms with van der Waals surface area (Å²) >= 11 is 0. The van der Waals surface area contributed by atoms with E-state index in [2.05, 4.69) is 20.0 Å². The van der Waals surface area contributed by atoms with Crippen molar-refractivity contribution in [2.75, 3.05) is 12.8 Å². The number of aliphatic hydroxyl groups excluding tert-OH is 1. The molecule has 2 aromatic carbocycles. The van der Waals surface area contributed by atoms with E-state index >= 15 is 0 Å². The molecule has 180 valence electrons. The van der Waals surface area contributed by atoms with Crippen molar-refractivity contribution in [1.82, 2.24) is 14.5 Å². The molecule has 34 heavy (non-hydrogen) atoms. The zero-order valence-electron chi connectivity index (χ0n) is 19.0. The molecule has 0 atom stereocenters. The molecule has 1 heterocycles. The number of anilines is 1. The standard InChI is InChI=1S/C23H28N6O4S/c1-15-22(23(24)29(27-15)17-6-4-3-5-7-17)26-25-20-14-19(33-2)12-13-21(20)34(31,32)28-16-8-10-18(30)11-9-16/h3-7,12-14,16,18,28,30H,8-11,24H2,1-2H3/b26-25+. The maximum atomic E-state index is 13.2. The highest BCUT2D eigenvalue weighted by atomic mass is 32.2. The highest BCUT2D eigenvalue weighted by Crippen LogP contribution is 2.34. The molecule has 0 spiro atoms. The number of para-hydroxylation sites is 1. The predicted octanol–water partition coefficient (Wildman–Crippen LogP) is 3.77. The van der Waals surface area contributed by atoms with Crippen LogP contribution in [0.25, 0.3) is 5.69 Å². The number of methoxy groups -OCH3 is 1. The first-order chi connectivity index (χ1) is 16.3. The topological polar surface area (TPSA) is 144 Å². The number of benzene rings is 2. The number of aryl methyl sites for hydroxylation is 1. The maximum Gasteiger partial charge on any atom is 0.243 e. The quantitative estimate of drug-likeness (QED) is 0.435. The van der Waals surface area contributed by atoms with Crippen molar-refractivity contribution in [3.8, 4) is 11.4 Å². The van der Waals surface area contributed by atoms with E-state index in [9.17, 15) is 13.5 Å². The second-order valence-corrected chi connectivity index (χ2v) is 9.91. The van der Waals surface area contributed by atoms with E-state index in [1.807, 2.05) is 30.3 Å². The van der Waals surface area contributed by atoms with Crippen LogP contribution in [0.1, 0.15) is 31.4 Å². The third-order valence-corrected chi connectivity index (χ3v) is 7.36. The van der Waals surface area contributed by atoms with Crippen LogP contribution in [0.5, 0.6) is 5.75 Å². The van der Waals surface area contributed by atoms with Gasteiger partial charge in [0.1, 0.15) is 16.3 Å². The minimum atomic E-state index is -3.89. The third-order valence-electron chi connectivity index (χ3n) is 5.80. The normalized spacial score (nSPS) is 18.9. The average Bonchev–Trinajstić information content (AvgIpc) is 3.12. The number of aromatic nitrogens is 2. The summed E-state index contributed by atoms with van der Waals surface area (Å²) < 4.78 is 35.9. The summed E-state index contributed by atoms with van der Waals surface area (Å²) in [5.41, 5.74) is 8.08. The first kappa shape index (κ1) is 23.9. The number of nitrogens with one attached hydrogen (secondary N) is 1. The van der Waals surface area contributed by atoms with Gasteiger partial charge in [0.25, 0.3) is 0 Å². The van der Waals surface area contributed by atoms with Crippen molar-refractivity contribution >= 4 is 27.2 Å². The zero-order chi connectivity index (χ0) is 24.3. The average molecular weight is 485 g/mol. The van der Waals surface area contributed by atoms with Crippen molar-refractivity contribution in [1.29, 1.82) is 0 Å². The van der Waals surface area contributed by atoms with Gasteiger partial charge in [-0.15, -0.1) is 10.2 Å². The molecule has 1 aliphatic rings. The lowest BCUT2D eigenvalue weighted by molar-refractivity contribution is 0.120. The molecule has 0 unspecified atom stereocenters. The van der Waals surface area contributed by atoms with Crippen LogP contribution in [0.3, 0.4) is 0 Å². The lowest BCUT2D eigenvalue weighted by atomic mass is 9.94. The van der Waals surface area contributed by atoms with Gasteiger partial charge in [-0.2, -0.15) is 5.10 Å². The van der Waals surface area contributed by atoms with Crippen molar-refractivity contribution in [2.45, 2.75) is 49.6 Å². The Morgan fingerprint density at radius 1 is 1.12 bits per heavy atom. The van der Waals surface area contributed by atoms with Gasteiger partial charge >= 0.3 is 0 Å². The van der Waals surface area contributed by atoms with Crippen LogP contribution in [0.2, 0.25) is 0 Å². The Kier molecular flexibility index (Phi) is 6.96. The van der Waals surface area contributed by atoms with Crippen LogP contribution in [-0.4, -0.2) is 42.6 Å². The van der Waals surface area contributed by atoms with E-state index in [0.717, 1.165) is 5.69 Å². The molecule has 11 heteroatoms. The summed E-state index contributed by atoms with van der Waals surface area (Å²) in [6.45, 7) is 1.76. The molecule has 0 radical (unpaired) electrons. The van der Waals surface area contributed by atoms with E-state index in [1.54, 1.807) is 17.7 Å². The molecule has 1 aliphatic carbocycles. The molecular formula is C23H28N6O4S. The maximum absolute atomic E-state index is 13.2. The van der Waals surface area contributed by atoms with Gasteiger partial charge in [0.05, 0.1) is 24.6 Å². The molecule has 4 rings (SSSR count). The van der Waals surface area contributed by atoms with Gasteiger partial charge in [-0.05, 0) is 56.9 Å². The van der Waals surface area contributed by atoms with Crippen molar-refractivity contribution in [2.24, 2.45) is 10.2 Å². The number of sulfonamides is 1. The highest BCUT2D eigenvalue weighted by Gasteiger charge is 2.27. The van der Waals surface area contributed by atoms with Gasteiger partial charge in [0.2, 0.25) is 10.0 Å². The second-order valence-electron chi connectivity index (χ2n) is 8.23. The lowest BCUT2D eigenvalue weighted by Crippen LogP contribution is -2.38. The molecule has 0 aliphatic heterocycles. The third kappa shape index (κ3) is 5.11. The Hall–Kier alpha value is -3.28. The molecule has 0 saturated heterocycles. The van der Waals surface area contributed by atoms with Gasteiger partial charge in [0, 0.05) is 12.1 Å². The molecule has 1 fully saturated rings. The Bertz CT molecular complexity index is 1280. The van der Waals surface area contributed by atoms with E-state index in [4.69, 9.17) is 10.5 Å². The lowest BCUT2D eigenvalue weighted by Gasteiger charge is -2.26. The van der Waals surface area contributed by atoms with E-state index in [1.165, 1.54) is 19.2 Å². The van der Waals surface area contributed by atoms with Crippen LogP contribution in [-0.2, 0) is 10.0 Å². The van der Waals surface area contributed by atoms with E-state index in [-0.39, 0.29) is 22.7 Å². The first-order valence-corrected chi connectivity index (χ1v) is 12.5. The molecule has 1 aromatic heterocycles. The Morgan fingerprint density at radius 3 is 2.50 bits per heavy atom. The summed E-state index contributed by atoms with van der Waals surface area (Å²) in [6, 6.07) is 13.6. The number of nitrogen functional groups attached to an aromatic ring is 1. The molecule has 3 aromatic rings. The summed E-state index contributed by atoms with van der Waals surface area (Å²) in [7, 11) is -2.40. The van der Waals surface area contributed by atoms with Gasteiger partial charge in [-0.1, -0.05) is 18.2 Å². The minimum absolute atomic E-state index is 0.0187. The Labute approximate surface area is 198 Å². The van der Waals surface area contributed by atoms with Crippen LogP contribution >= 0.6 is 0 Å². The van der Waals surface area contributed by atoms with Gasteiger partial charge < -0.3 is 15.6 Å². The van der Waals surface area contributed by atoms with Crippen molar-refractivity contribution in [3.05, 3.63) is 54.2 Å². The number of rotatable bonds is 7. The SMILES string of the molecule is COc1ccc(S(=O)(=O)NC2CCC(O)CC2)c(/N=N/c2c(C)nn(-c3ccccc3)c2N)c1.